The molecule has 1 heterocycles. The van der Waals surface area contributed by atoms with Crippen LogP contribution in [0.5, 0.6) is 0 Å². The van der Waals surface area contributed by atoms with Gasteiger partial charge in [-0.15, -0.1) is 0 Å². The van der Waals surface area contributed by atoms with Crippen LogP contribution < -0.4 is 0 Å². The summed E-state index contributed by atoms with van der Waals surface area (Å²) in [5.41, 5.74) is 2.24. The lowest BCUT2D eigenvalue weighted by atomic mass is 10.0. The van der Waals surface area contributed by atoms with E-state index in [1.807, 2.05) is 12.3 Å². The van der Waals surface area contributed by atoms with Gasteiger partial charge in [0, 0.05) is 18.0 Å². The molecule has 0 aromatic carbocycles. The number of hydrogen-bond donors (Lipinski definition) is 0. The average molecular weight is 290 g/mol. The lowest BCUT2D eigenvalue weighted by Crippen LogP contribution is -1.95. The summed E-state index contributed by atoms with van der Waals surface area (Å²) in [5.74, 6) is 0.448. The van der Waals surface area contributed by atoms with Crippen LogP contribution in [0.1, 0.15) is 30.9 Å². The number of nitrogens with zero attached hydrogens (tertiary/aromatic N) is 2. The minimum Gasteiger partial charge on any atom is -0.327 e. The third-order valence-electron chi connectivity index (χ3n) is 1.74. The molecule has 0 amide bonds. The first-order chi connectivity index (χ1) is 6.25. The van der Waals surface area contributed by atoms with Crippen molar-refractivity contribution in [1.29, 1.82) is 0 Å². The molecule has 1 rings (SSSR count). The molecule has 0 saturated carbocycles. The topological polar surface area (TPSA) is 34.5 Å². The summed E-state index contributed by atoms with van der Waals surface area (Å²) >= 11 is 1.73. The predicted molar refractivity (Wildman–Crippen MR) is 61.0 cm³/mol. The molecule has 13 heavy (non-hydrogen) atoms. The number of pyridine rings is 1. The average Bonchev–Trinajstić information content (AvgIpc) is 2.15. The van der Waals surface area contributed by atoms with Gasteiger partial charge in [-0.1, -0.05) is 19.0 Å². The maximum Gasteiger partial charge on any atom is 0.230 e. The monoisotopic (exact) mass is 290 g/mol. The quantitative estimate of drug-likeness (QED) is 0.487. The van der Waals surface area contributed by atoms with E-state index in [1.165, 1.54) is 5.56 Å². The molecule has 0 aliphatic carbocycles. The van der Waals surface area contributed by atoms with Crippen LogP contribution in [0.25, 0.3) is 0 Å². The first-order valence-corrected chi connectivity index (χ1v) is 4.89. The minimum absolute atomic E-state index is 0.448. The minimum atomic E-state index is 0.448. The molecule has 0 aliphatic heterocycles. The highest BCUT2D eigenvalue weighted by atomic mass is 127. The Morgan fingerprint density at radius 2 is 2.38 bits per heavy atom. The van der Waals surface area contributed by atoms with E-state index >= 15 is 0 Å². The normalized spacial score (nSPS) is 11.1. The summed E-state index contributed by atoms with van der Waals surface area (Å²) in [5, 5.41) is 3.72. The Balaban J connectivity index is 2.97. The van der Waals surface area contributed by atoms with E-state index in [0.29, 0.717) is 5.92 Å². The van der Waals surface area contributed by atoms with Gasteiger partial charge < -0.3 is 3.17 Å². The van der Waals surface area contributed by atoms with Crippen LogP contribution in [0.15, 0.2) is 23.6 Å². The van der Waals surface area contributed by atoms with Gasteiger partial charge in [0.1, 0.15) is 0 Å². The van der Waals surface area contributed by atoms with E-state index < -0.39 is 0 Å². The maximum absolute atomic E-state index is 4.60. The third-order valence-corrected chi connectivity index (χ3v) is 1.97. The molecule has 0 N–H and O–H groups in total. The van der Waals surface area contributed by atoms with E-state index in [4.69, 9.17) is 0 Å². The zero-order chi connectivity index (χ0) is 9.68. The molecule has 0 fully saturated rings. The molecule has 1 aromatic heterocycles. The summed E-state index contributed by atoms with van der Waals surface area (Å²) in [4.78, 5) is 4.07. The van der Waals surface area contributed by atoms with Crippen LogP contribution >= 0.6 is 23.0 Å². The van der Waals surface area contributed by atoms with Crippen molar-refractivity contribution < 1.29 is 3.17 Å². The molecule has 0 atom stereocenters. The van der Waals surface area contributed by atoms with Crippen molar-refractivity contribution in [2.24, 2.45) is 5.16 Å². The highest BCUT2D eigenvalue weighted by Crippen LogP contribution is 2.16. The van der Waals surface area contributed by atoms with Crippen molar-refractivity contribution in [2.45, 2.75) is 19.8 Å². The summed E-state index contributed by atoms with van der Waals surface area (Å²) in [6, 6.07) is 1.93. The van der Waals surface area contributed by atoms with Crippen LogP contribution in [-0.2, 0) is 3.17 Å². The van der Waals surface area contributed by atoms with Crippen molar-refractivity contribution in [1.82, 2.24) is 4.98 Å². The van der Waals surface area contributed by atoms with Crippen molar-refractivity contribution in [2.75, 3.05) is 0 Å². The summed E-state index contributed by atoms with van der Waals surface area (Å²) in [7, 11) is 0. The second-order valence-electron chi connectivity index (χ2n) is 2.96. The molecular formula is C9H11IN2O. The highest BCUT2D eigenvalue weighted by Gasteiger charge is 2.03. The van der Waals surface area contributed by atoms with E-state index in [2.05, 4.69) is 27.2 Å². The Morgan fingerprint density at radius 1 is 1.62 bits per heavy atom. The van der Waals surface area contributed by atoms with Gasteiger partial charge in [-0.25, -0.2) is 0 Å². The van der Waals surface area contributed by atoms with Gasteiger partial charge in [0.05, 0.1) is 6.21 Å². The smallest absolute Gasteiger partial charge is 0.230 e. The highest BCUT2D eigenvalue weighted by molar-refractivity contribution is 14.1. The van der Waals surface area contributed by atoms with Gasteiger partial charge in [-0.3, -0.25) is 4.98 Å². The Hall–Kier alpha value is -0.650. The molecule has 70 valence electrons. The van der Waals surface area contributed by atoms with E-state index in [-0.39, 0.29) is 0 Å². The van der Waals surface area contributed by atoms with Gasteiger partial charge in [0.25, 0.3) is 0 Å². The molecule has 0 spiro atoms. The molecule has 3 nitrogen and oxygen atoms in total. The van der Waals surface area contributed by atoms with Gasteiger partial charge in [-0.2, -0.15) is 0 Å². The van der Waals surface area contributed by atoms with E-state index in [0.717, 1.165) is 5.56 Å². The number of aromatic nitrogens is 1. The first-order valence-electron chi connectivity index (χ1n) is 4.00. The van der Waals surface area contributed by atoms with Crippen molar-refractivity contribution in [3.63, 3.8) is 0 Å². The fourth-order valence-corrected chi connectivity index (χ4v) is 1.21. The second-order valence-corrected chi connectivity index (χ2v) is 3.36. The Morgan fingerprint density at radius 3 is 3.00 bits per heavy atom. The van der Waals surface area contributed by atoms with Crippen LogP contribution in [0.3, 0.4) is 0 Å². The largest absolute Gasteiger partial charge is 0.327 e. The molecule has 0 unspecified atom stereocenters. The first kappa shape index (κ1) is 10.4. The van der Waals surface area contributed by atoms with Crippen LogP contribution in [0.2, 0.25) is 0 Å². The molecule has 0 bridgehead atoms. The Bertz CT molecular complexity index is 299. The van der Waals surface area contributed by atoms with E-state index in [9.17, 15) is 0 Å². The number of rotatable bonds is 3. The molecule has 0 saturated heterocycles. The number of oxime groups is 1. The second kappa shape index (κ2) is 5.16. The molecule has 1 aromatic rings. The fraction of sp³-hybridized carbons (Fsp3) is 0.333. The van der Waals surface area contributed by atoms with Gasteiger partial charge in [0.2, 0.25) is 23.0 Å². The summed E-state index contributed by atoms with van der Waals surface area (Å²) in [6.07, 6.45) is 5.31. The third kappa shape index (κ3) is 2.95. The number of halogens is 1. The van der Waals surface area contributed by atoms with Crippen molar-refractivity contribution in [3.8, 4) is 0 Å². The van der Waals surface area contributed by atoms with Gasteiger partial charge in [0.15, 0.2) is 0 Å². The molecular weight excluding hydrogens is 279 g/mol. The number of hydrogen-bond acceptors (Lipinski definition) is 3. The summed E-state index contributed by atoms with van der Waals surface area (Å²) in [6.45, 7) is 4.25. The Labute approximate surface area is 91.9 Å². The standard InChI is InChI=1S/C9H11IN2O/c1-7(2)9-6-11-4-3-8(9)5-12-13-10/h3-7H,1-2H3/b12-5+. The van der Waals surface area contributed by atoms with Crippen molar-refractivity contribution >= 4 is 29.2 Å². The van der Waals surface area contributed by atoms with Gasteiger partial charge in [-0.05, 0) is 17.5 Å². The maximum atomic E-state index is 4.60. The molecule has 0 radical (unpaired) electrons. The zero-order valence-corrected chi connectivity index (χ0v) is 9.72. The SMILES string of the molecule is CC(C)c1cnccc1/C=N/OI. The molecule has 4 heteroatoms. The van der Waals surface area contributed by atoms with Crippen molar-refractivity contribution in [3.05, 3.63) is 29.6 Å². The van der Waals surface area contributed by atoms with Crippen LogP contribution in [-0.4, -0.2) is 11.2 Å². The summed E-state index contributed by atoms with van der Waals surface area (Å²) < 4.78 is 4.60. The van der Waals surface area contributed by atoms with Gasteiger partial charge >= 0.3 is 0 Å². The molecule has 0 aliphatic rings. The lowest BCUT2D eigenvalue weighted by Gasteiger charge is -2.06. The predicted octanol–water partition coefficient (Wildman–Crippen LogP) is 2.91. The lowest BCUT2D eigenvalue weighted by molar-refractivity contribution is 0.468. The zero-order valence-electron chi connectivity index (χ0n) is 7.57. The Kier molecular flexibility index (Phi) is 4.14. The fourth-order valence-electron chi connectivity index (χ4n) is 1.09. The van der Waals surface area contributed by atoms with E-state index in [1.54, 1.807) is 35.4 Å². The van der Waals surface area contributed by atoms with Crippen LogP contribution in [0.4, 0.5) is 0 Å². The van der Waals surface area contributed by atoms with Crippen LogP contribution in [0, 0.1) is 0 Å².